The molecule has 0 aliphatic rings. The van der Waals surface area contributed by atoms with Crippen molar-refractivity contribution in [1.82, 2.24) is 0 Å². The van der Waals surface area contributed by atoms with E-state index in [2.05, 4.69) is 5.32 Å². The fraction of sp³-hybridized carbons (Fsp3) is 0.368. The highest BCUT2D eigenvalue weighted by atomic mass is 16.7. The summed E-state index contributed by atoms with van der Waals surface area (Å²) in [6, 6.07) is 10.2. The van der Waals surface area contributed by atoms with E-state index in [0.717, 1.165) is 0 Å². The Balaban J connectivity index is 2.01. The highest BCUT2D eigenvalue weighted by Gasteiger charge is 2.26. The molecule has 140 valence electrons. The van der Waals surface area contributed by atoms with E-state index in [4.69, 9.17) is 18.6 Å². The second kappa shape index (κ2) is 8.42. The first-order chi connectivity index (χ1) is 12.3. The van der Waals surface area contributed by atoms with E-state index in [9.17, 15) is 9.59 Å². The van der Waals surface area contributed by atoms with Crippen molar-refractivity contribution in [3.63, 3.8) is 0 Å². The Morgan fingerprint density at radius 3 is 2.38 bits per heavy atom. The summed E-state index contributed by atoms with van der Waals surface area (Å²) in [5.74, 6) is 0.714. The van der Waals surface area contributed by atoms with Crippen molar-refractivity contribution in [3.8, 4) is 5.75 Å². The first-order valence-corrected chi connectivity index (χ1v) is 8.14. The van der Waals surface area contributed by atoms with Crippen LogP contribution in [0.5, 0.6) is 5.75 Å². The van der Waals surface area contributed by atoms with E-state index >= 15 is 0 Å². The number of hydrogen-bond donors (Lipinski definition) is 1. The SMILES string of the molecule is COc1ccc(NC(=O)CC(OC(=O)OC(C)(C)C)c2ccco2)cc1. The number of anilines is 1. The number of carbonyl (C=O) groups excluding carboxylic acids is 2. The third kappa shape index (κ3) is 6.16. The fourth-order valence-electron chi connectivity index (χ4n) is 2.12. The van der Waals surface area contributed by atoms with Crippen molar-refractivity contribution >= 4 is 17.7 Å². The van der Waals surface area contributed by atoms with Gasteiger partial charge < -0.3 is 23.9 Å². The summed E-state index contributed by atoms with van der Waals surface area (Å²) in [6.45, 7) is 5.19. The van der Waals surface area contributed by atoms with Gasteiger partial charge in [0.05, 0.1) is 19.8 Å². The molecule has 1 N–H and O–H groups in total. The van der Waals surface area contributed by atoms with Crippen molar-refractivity contribution in [2.24, 2.45) is 0 Å². The summed E-state index contributed by atoms with van der Waals surface area (Å²) < 4.78 is 20.8. The number of hydrogen-bond acceptors (Lipinski definition) is 6. The monoisotopic (exact) mass is 361 g/mol. The molecule has 7 nitrogen and oxygen atoms in total. The van der Waals surface area contributed by atoms with Gasteiger partial charge in [-0.25, -0.2) is 4.79 Å². The number of nitrogens with one attached hydrogen (secondary N) is 1. The zero-order valence-electron chi connectivity index (χ0n) is 15.3. The zero-order chi connectivity index (χ0) is 19.2. The molecule has 1 unspecified atom stereocenters. The fourth-order valence-corrected chi connectivity index (χ4v) is 2.12. The number of amides is 1. The summed E-state index contributed by atoms with van der Waals surface area (Å²) in [5.41, 5.74) is -0.0952. The lowest BCUT2D eigenvalue weighted by atomic mass is 10.2. The van der Waals surface area contributed by atoms with Crippen LogP contribution in [0.15, 0.2) is 47.1 Å². The Kier molecular flexibility index (Phi) is 6.27. The van der Waals surface area contributed by atoms with Crippen molar-refractivity contribution in [1.29, 1.82) is 0 Å². The van der Waals surface area contributed by atoms with Crippen LogP contribution >= 0.6 is 0 Å². The third-order valence-corrected chi connectivity index (χ3v) is 3.23. The van der Waals surface area contributed by atoms with Crippen LogP contribution in [0.1, 0.15) is 39.1 Å². The maximum absolute atomic E-state index is 12.3. The number of ether oxygens (including phenoxy) is 3. The second-order valence-electron chi connectivity index (χ2n) is 6.57. The van der Waals surface area contributed by atoms with Crippen LogP contribution in [0, 0.1) is 0 Å². The van der Waals surface area contributed by atoms with Gasteiger partial charge in [0.25, 0.3) is 0 Å². The molecule has 26 heavy (non-hydrogen) atoms. The molecule has 1 amide bonds. The van der Waals surface area contributed by atoms with E-state index in [0.29, 0.717) is 17.2 Å². The second-order valence-corrected chi connectivity index (χ2v) is 6.57. The molecule has 0 saturated heterocycles. The molecular formula is C19H23NO6. The predicted molar refractivity (Wildman–Crippen MR) is 95.0 cm³/mol. The van der Waals surface area contributed by atoms with E-state index < -0.39 is 17.9 Å². The largest absolute Gasteiger partial charge is 0.509 e. The van der Waals surface area contributed by atoms with Crippen LogP contribution in [0.25, 0.3) is 0 Å². The minimum atomic E-state index is -0.891. The molecule has 0 spiro atoms. The van der Waals surface area contributed by atoms with Gasteiger partial charge in [0.15, 0.2) is 6.10 Å². The number of methoxy groups -OCH3 is 1. The van der Waals surface area contributed by atoms with E-state index in [1.54, 1.807) is 64.3 Å². The van der Waals surface area contributed by atoms with E-state index in [-0.39, 0.29) is 12.3 Å². The maximum Gasteiger partial charge on any atom is 0.509 e. The molecular weight excluding hydrogens is 338 g/mol. The molecule has 1 atom stereocenters. The number of benzene rings is 1. The van der Waals surface area contributed by atoms with Crippen LogP contribution in [0.4, 0.5) is 10.5 Å². The van der Waals surface area contributed by atoms with Crippen molar-refractivity contribution in [3.05, 3.63) is 48.4 Å². The van der Waals surface area contributed by atoms with Crippen LogP contribution in [0.3, 0.4) is 0 Å². The van der Waals surface area contributed by atoms with Crippen LogP contribution in [-0.4, -0.2) is 24.8 Å². The molecule has 0 bridgehead atoms. The summed E-state index contributed by atoms with van der Waals surface area (Å²) >= 11 is 0. The lowest BCUT2D eigenvalue weighted by Gasteiger charge is -2.21. The minimum absolute atomic E-state index is 0.112. The molecule has 0 radical (unpaired) electrons. The number of furan rings is 1. The summed E-state index contributed by atoms with van der Waals surface area (Å²) in [5, 5.41) is 2.74. The van der Waals surface area contributed by atoms with Gasteiger partial charge in [0.2, 0.25) is 5.91 Å². The Morgan fingerprint density at radius 1 is 1.15 bits per heavy atom. The predicted octanol–water partition coefficient (Wildman–Crippen LogP) is 4.31. The zero-order valence-corrected chi connectivity index (χ0v) is 15.3. The van der Waals surface area contributed by atoms with Gasteiger partial charge in [-0.2, -0.15) is 0 Å². The highest BCUT2D eigenvalue weighted by Crippen LogP contribution is 2.25. The Hall–Kier alpha value is -2.96. The molecule has 1 heterocycles. The van der Waals surface area contributed by atoms with Crippen LogP contribution in [-0.2, 0) is 14.3 Å². The Morgan fingerprint density at radius 2 is 1.85 bits per heavy atom. The van der Waals surface area contributed by atoms with Crippen molar-refractivity contribution in [2.75, 3.05) is 12.4 Å². The molecule has 7 heteroatoms. The lowest BCUT2D eigenvalue weighted by molar-refractivity contribution is -0.119. The first kappa shape index (κ1) is 19.4. The topological polar surface area (TPSA) is 87.0 Å². The van der Waals surface area contributed by atoms with E-state index in [1.807, 2.05) is 0 Å². The lowest BCUT2D eigenvalue weighted by Crippen LogP contribution is -2.26. The van der Waals surface area contributed by atoms with Crippen LogP contribution < -0.4 is 10.1 Å². The summed E-state index contributed by atoms with van der Waals surface area (Å²) in [7, 11) is 1.57. The molecule has 2 aromatic rings. The smallest absolute Gasteiger partial charge is 0.497 e. The van der Waals surface area contributed by atoms with Crippen molar-refractivity contribution < 1.29 is 28.2 Å². The molecule has 1 aromatic carbocycles. The molecule has 0 aliphatic carbocycles. The molecule has 0 saturated carbocycles. The van der Waals surface area contributed by atoms with Gasteiger partial charge in [-0.3, -0.25) is 4.79 Å². The van der Waals surface area contributed by atoms with Gasteiger partial charge in [-0.05, 0) is 57.2 Å². The highest BCUT2D eigenvalue weighted by molar-refractivity contribution is 5.91. The molecule has 2 rings (SSSR count). The third-order valence-electron chi connectivity index (χ3n) is 3.23. The standard InChI is InChI=1S/C19H23NO6/c1-19(2,3)26-18(22)25-16(15-6-5-11-24-15)12-17(21)20-13-7-9-14(23-4)10-8-13/h5-11,16H,12H2,1-4H3,(H,20,21). The van der Waals surface area contributed by atoms with Gasteiger partial charge >= 0.3 is 6.16 Å². The van der Waals surface area contributed by atoms with Crippen molar-refractivity contribution in [2.45, 2.75) is 38.9 Å². The van der Waals surface area contributed by atoms with Gasteiger partial charge in [0, 0.05) is 5.69 Å². The van der Waals surface area contributed by atoms with Gasteiger partial charge in [-0.15, -0.1) is 0 Å². The maximum atomic E-state index is 12.3. The summed E-state index contributed by atoms with van der Waals surface area (Å²) in [4.78, 5) is 24.3. The van der Waals surface area contributed by atoms with E-state index in [1.165, 1.54) is 6.26 Å². The number of carbonyl (C=O) groups is 2. The Labute approximate surface area is 152 Å². The average Bonchev–Trinajstić information content (AvgIpc) is 3.07. The Bertz CT molecular complexity index is 715. The quantitative estimate of drug-likeness (QED) is 0.772. The van der Waals surface area contributed by atoms with Gasteiger partial charge in [-0.1, -0.05) is 0 Å². The first-order valence-electron chi connectivity index (χ1n) is 8.14. The minimum Gasteiger partial charge on any atom is -0.497 e. The average molecular weight is 361 g/mol. The van der Waals surface area contributed by atoms with Crippen LogP contribution in [0.2, 0.25) is 0 Å². The van der Waals surface area contributed by atoms with Gasteiger partial charge in [0.1, 0.15) is 17.1 Å². The molecule has 0 aliphatic heterocycles. The number of rotatable bonds is 6. The molecule has 1 aromatic heterocycles. The normalized spacial score (nSPS) is 12.2. The molecule has 0 fully saturated rings. The summed E-state index contributed by atoms with van der Waals surface area (Å²) in [6.07, 6.45) is -0.421.